The summed E-state index contributed by atoms with van der Waals surface area (Å²) in [5.41, 5.74) is -0.462. The van der Waals surface area contributed by atoms with Gasteiger partial charge in [-0.15, -0.1) is 0 Å². The van der Waals surface area contributed by atoms with Crippen LogP contribution in [0, 0.1) is 5.92 Å². The Balaban J connectivity index is 2.22. The van der Waals surface area contributed by atoms with E-state index < -0.39 is 11.5 Å². The van der Waals surface area contributed by atoms with Crippen molar-refractivity contribution in [1.29, 1.82) is 0 Å². The van der Waals surface area contributed by atoms with E-state index in [0.717, 1.165) is 0 Å². The molecule has 1 aliphatic carbocycles. The van der Waals surface area contributed by atoms with Gasteiger partial charge in [0.05, 0.1) is 0 Å². The zero-order valence-electron chi connectivity index (χ0n) is 10.9. The SMILES string of the molecule is CC(C)(C)OC(=O)CCC1CCC(F)(F)CC1. The first-order valence-electron chi connectivity index (χ1n) is 6.28. The molecule has 0 aromatic rings. The van der Waals surface area contributed by atoms with Gasteiger partial charge >= 0.3 is 5.97 Å². The third-order valence-corrected chi connectivity index (χ3v) is 3.01. The van der Waals surface area contributed by atoms with Gasteiger partial charge in [-0.2, -0.15) is 0 Å². The van der Waals surface area contributed by atoms with Gasteiger partial charge in [0.15, 0.2) is 0 Å². The quantitative estimate of drug-likeness (QED) is 0.707. The standard InChI is InChI=1S/C13H22F2O2/c1-12(2,3)17-11(16)5-4-10-6-8-13(14,15)9-7-10/h10H,4-9H2,1-3H3. The number of halogens is 2. The molecule has 0 aromatic heterocycles. The lowest BCUT2D eigenvalue weighted by Gasteiger charge is -2.28. The van der Waals surface area contributed by atoms with Gasteiger partial charge in [0.2, 0.25) is 5.92 Å². The topological polar surface area (TPSA) is 26.3 Å². The van der Waals surface area contributed by atoms with Crippen LogP contribution in [0.15, 0.2) is 0 Å². The zero-order valence-corrected chi connectivity index (χ0v) is 10.9. The molecule has 0 amide bonds. The van der Waals surface area contributed by atoms with Crippen LogP contribution in [0.5, 0.6) is 0 Å². The molecule has 17 heavy (non-hydrogen) atoms. The van der Waals surface area contributed by atoms with Gasteiger partial charge < -0.3 is 4.74 Å². The van der Waals surface area contributed by atoms with E-state index >= 15 is 0 Å². The highest BCUT2D eigenvalue weighted by Crippen LogP contribution is 2.37. The van der Waals surface area contributed by atoms with Crippen molar-refractivity contribution in [3.05, 3.63) is 0 Å². The molecular weight excluding hydrogens is 226 g/mol. The van der Waals surface area contributed by atoms with Gasteiger partial charge in [0, 0.05) is 19.3 Å². The Morgan fingerprint density at radius 3 is 2.29 bits per heavy atom. The molecule has 0 N–H and O–H groups in total. The molecule has 1 saturated carbocycles. The summed E-state index contributed by atoms with van der Waals surface area (Å²) in [7, 11) is 0. The fourth-order valence-electron chi connectivity index (χ4n) is 2.10. The third kappa shape index (κ3) is 5.99. The van der Waals surface area contributed by atoms with Crippen LogP contribution in [0.3, 0.4) is 0 Å². The first kappa shape index (κ1) is 14.4. The third-order valence-electron chi connectivity index (χ3n) is 3.01. The Hall–Kier alpha value is -0.670. The molecule has 4 heteroatoms. The summed E-state index contributed by atoms with van der Waals surface area (Å²) in [5.74, 6) is -2.46. The van der Waals surface area contributed by atoms with Crippen molar-refractivity contribution in [3.8, 4) is 0 Å². The molecular formula is C13H22F2O2. The number of carbonyl (C=O) groups is 1. The second-order valence-corrected chi connectivity index (χ2v) is 5.92. The fourth-order valence-corrected chi connectivity index (χ4v) is 2.10. The first-order valence-corrected chi connectivity index (χ1v) is 6.28. The van der Waals surface area contributed by atoms with Gasteiger partial charge in [0.1, 0.15) is 5.60 Å². The maximum absolute atomic E-state index is 12.9. The highest BCUT2D eigenvalue weighted by Gasteiger charge is 2.34. The van der Waals surface area contributed by atoms with Crippen molar-refractivity contribution < 1.29 is 18.3 Å². The fraction of sp³-hybridized carbons (Fsp3) is 0.923. The van der Waals surface area contributed by atoms with E-state index in [2.05, 4.69) is 0 Å². The van der Waals surface area contributed by atoms with Crippen molar-refractivity contribution in [3.63, 3.8) is 0 Å². The van der Waals surface area contributed by atoms with Crippen LogP contribution in [-0.2, 0) is 9.53 Å². The number of carbonyl (C=O) groups excluding carboxylic acids is 1. The zero-order chi connectivity index (χ0) is 13.1. The van der Waals surface area contributed by atoms with E-state index in [9.17, 15) is 13.6 Å². The molecule has 0 radical (unpaired) electrons. The van der Waals surface area contributed by atoms with Crippen LogP contribution in [0.2, 0.25) is 0 Å². The lowest BCUT2D eigenvalue weighted by Crippen LogP contribution is -2.26. The largest absolute Gasteiger partial charge is 0.460 e. The average Bonchev–Trinajstić information content (AvgIpc) is 2.13. The number of rotatable bonds is 3. The Morgan fingerprint density at radius 1 is 1.29 bits per heavy atom. The number of hydrogen-bond acceptors (Lipinski definition) is 2. The molecule has 0 aliphatic heterocycles. The number of hydrogen-bond donors (Lipinski definition) is 0. The Morgan fingerprint density at radius 2 is 1.82 bits per heavy atom. The van der Waals surface area contributed by atoms with Crippen molar-refractivity contribution in [2.24, 2.45) is 5.92 Å². The Labute approximate surface area is 102 Å². The van der Waals surface area contributed by atoms with Crippen LogP contribution < -0.4 is 0 Å². The molecule has 100 valence electrons. The lowest BCUT2D eigenvalue weighted by atomic mass is 9.84. The van der Waals surface area contributed by atoms with E-state index in [1.54, 1.807) is 0 Å². The van der Waals surface area contributed by atoms with Crippen LogP contribution in [0.4, 0.5) is 8.78 Å². The highest BCUT2D eigenvalue weighted by atomic mass is 19.3. The average molecular weight is 248 g/mol. The minimum absolute atomic E-state index is 0.0357. The molecule has 0 spiro atoms. The van der Waals surface area contributed by atoms with Gasteiger partial charge in [-0.25, -0.2) is 8.78 Å². The molecule has 0 bridgehead atoms. The predicted octanol–water partition coefficient (Wildman–Crippen LogP) is 3.93. The number of ether oxygens (including phenoxy) is 1. The van der Waals surface area contributed by atoms with E-state index in [1.165, 1.54) is 0 Å². The number of esters is 1. The van der Waals surface area contributed by atoms with Crippen molar-refractivity contribution in [2.75, 3.05) is 0 Å². The minimum Gasteiger partial charge on any atom is -0.460 e. The van der Waals surface area contributed by atoms with Gasteiger partial charge in [-0.3, -0.25) is 4.79 Å². The second kappa shape index (κ2) is 5.32. The summed E-state index contributed by atoms with van der Waals surface area (Å²) in [6, 6.07) is 0. The van der Waals surface area contributed by atoms with Crippen LogP contribution in [-0.4, -0.2) is 17.5 Å². The molecule has 2 nitrogen and oxygen atoms in total. The number of alkyl halides is 2. The van der Waals surface area contributed by atoms with Gasteiger partial charge in [0.25, 0.3) is 0 Å². The van der Waals surface area contributed by atoms with Crippen molar-refractivity contribution in [2.45, 2.75) is 70.8 Å². The lowest BCUT2D eigenvalue weighted by molar-refractivity contribution is -0.155. The summed E-state index contributed by atoms with van der Waals surface area (Å²) in [6.07, 6.45) is 1.99. The van der Waals surface area contributed by atoms with E-state index in [-0.39, 0.29) is 24.7 Å². The van der Waals surface area contributed by atoms with Gasteiger partial charge in [-0.05, 0) is 46.0 Å². The van der Waals surface area contributed by atoms with Crippen molar-refractivity contribution in [1.82, 2.24) is 0 Å². The summed E-state index contributed by atoms with van der Waals surface area (Å²) in [5, 5.41) is 0. The summed E-state index contributed by atoms with van der Waals surface area (Å²) < 4.78 is 31.0. The molecule has 0 atom stereocenters. The van der Waals surface area contributed by atoms with Crippen LogP contribution in [0.1, 0.15) is 59.3 Å². The molecule has 0 heterocycles. The predicted molar refractivity (Wildman–Crippen MR) is 62.0 cm³/mol. The van der Waals surface area contributed by atoms with Crippen molar-refractivity contribution >= 4 is 5.97 Å². The van der Waals surface area contributed by atoms with E-state index in [1.807, 2.05) is 20.8 Å². The maximum atomic E-state index is 12.9. The Kier molecular flexibility index (Phi) is 4.50. The smallest absolute Gasteiger partial charge is 0.306 e. The normalized spacial score (nSPS) is 21.2. The highest BCUT2D eigenvalue weighted by molar-refractivity contribution is 5.69. The summed E-state index contributed by atoms with van der Waals surface area (Å²) >= 11 is 0. The monoisotopic (exact) mass is 248 g/mol. The van der Waals surface area contributed by atoms with E-state index in [0.29, 0.717) is 25.7 Å². The molecule has 0 unspecified atom stereocenters. The molecule has 1 fully saturated rings. The van der Waals surface area contributed by atoms with Crippen LogP contribution in [0.25, 0.3) is 0 Å². The second-order valence-electron chi connectivity index (χ2n) is 5.92. The van der Waals surface area contributed by atoms with Gasteiger partial charge in [-0.1, -0.05) is 0 Å². The Bertz CT molecular complexity index is 259. The molecule has 1 aliphatic rings. The maximum Gasteiger partial charge on any atom is 0.306 e. The summed E-state index contributed by atoms with van der Waals surface area (Å²) in [6.45, 7) is 5.48. The first-order chi connectivity index (χ1) is 7.68. The molecule has 1 rings (SSSR count). The molecule has 0 aromatic carbocycles. The minimum atomic E-state index is -2.48. The van der Waals surface area contributed by atoms with Crippen LogP contribution >= 0.6 is 0 Å². The molecule has 0 saturated heterocycles. The van der Waals surface area contributed by atoms with E-state index in [4.69, 9.17) is 4.74 Å². The summed E-state index contributed by atoms with van der Waals surface area (Å²) in [4.78, 5) is 11.5.